The second-order valence-corrected chi connectivity index (χ2v) is 10.3. The minimum atomic E-state index is -3.52. The van der Waals surface area contributed by atoms with E-state index in [2.05, 4.69) is 5.32 Å². The van der Waals surface area contributed by atoms with Gasteiger partial charge in [0, 0.05) is 37.9 Å². The lowest BCUT2D eigenvalue weighted by Crippen LogP contribution is -2.35. The molecule has 3 fully saturated rings. The average Bonchev–Trinajstić information content (AvgIpc) is 3.16. The molecule has 0 unspecified atom stereocenters. The quantitative estimate of drug-likeness (QED) is 0.802. The summed E-state index contributed by atoms with van der Waals surface area (Å²) in [6.45, 7) is 5.85. The smallest absolute Gasteiger partial charge is 0.243 e. The first-order valence-corrected chi connectivity index (χ1v) is 11.2. The monoisotopic (exact) mass is 392 g/mol. The molecule has 3 atom stereocenters. The van der Waals surface area contributed by atoms with Gasteiger partial charge < -0.3 is 10.1 Å². The lowest BCUT2D eigenvalue weighted by molar-refractivity contribution is -0.121. The number of carbonyl (C=O) groups excluding carboxylic acids is 1. The minimum Gasteiger partial charge on any atom is -0.376 e. The molecule has 27 heavy (non-hydrogen) atoms. The Hall–Kier alpha value is -1.44. The van der Waals surface area contributed by atoms with Gasteiger partial charge in [0.05, 0.1) is 17.6 Å². The zero-order valence-corrected chi connectivity index (χ0v) is 16.8. The molecule has 1 aromatic rings. The van der Waals surface area contributed by atoms with E-state index in [1.807, 2.05) is 19.9 Å². The first-order chi connectivity index (χ1) is 12.8. The zero-order chi connectivity index (χ0) is 19.2. The molecule has 1 aromatic carbocycles. The molecule has 1 amide bonds. The van der Waals surface area contributed by atoms with Crippen molar-refractivity contribution in [1.29, 1.82) is 0 Å². The Labute approximate surface area is 161 Å². The van der Waals surface area contributed by atoms with E-state index in [4.69, 9.17) is 4.74 Å². The van der Waals surface area contributed by atoms with E-state index < -0.39 is 10.0 Å². The molecule has 3 aliphatic rings. The van der Waals surface area contributed by atoms with Crippen molar-refractivity contribution in [1.82, 2.24) is 9.62 Å². The Morgan fingerprint density at radius 1 is 1.19 bits per heavy atom. The molecular weight excluding hydrogens is 364 g/mol. The molecule has 2 heterocycles. The van der Waals surface area contributed by atoms with Crippen molar-refractivity contribution < 1.29 is 17.9 Å². The van der Waals surface area contributed by atoms with Crippen LogP contribution in [0.1, 0.15) is 30.4 Å². The number of hydrogen-bond acceptors (Lipinski definition) is 4. The van der Waals surface area contributed by atoms with Crippen molar-refractivity contribution in [2.75, 3.05) is 26.2 Å². The Morgan fingerprint density at radius 2 is 1.89 bits per heavy atom. The fraction of sp³-hybridized carbons (Fsp3) is 0.650. The highest BCUT2D eigenvalue weighted by molar-refractivity contribution is 7.89. The van der Waals surface area contributed by atoms with E-state index in [1.54, 1.807) is 16.4 Å². The average molecular weight is 393 g/mol. The van der Waals surface area contributed by atoms with E-state index in [9.17, 15) is 13.2 Å². The molecule has 0 aromatic heterocycles. The highest BCUT2D eigenvalue weighted by Gasteiger charge is 2.47. The molecule has 1 aliphatic carbocycles. The van der Waals surface area contributed by atoms with Gasteiger partial charge in [-0.15, -0.1) is 0 Å². The number of rotatable bonds is 6. The van der Waals surface area contributed by atoms with Crippen LogP contribution in [-0.2, 0) is 19.6 Å². The fourth-order valence-corrected chi connectivity index (χ4v) is 5.98. The normalized spacial score (nSPS) is 28.3. The van der Waals surface area contributed by atoms with Crippen LogP contribution >= 0.6 is 0 Å². The van der Waals surface area contributed by atoms with Crippen LogP contribution in [0.3, 0.4) is 0 Å². The Kier molecular flexibility index (Phi) is 5.03. The van der Waals surface area contributed by atoms with Gasteiger partial charge in [-0.1, -0.05) is 6.07 Å². The van der Waals surface area contributed by atoms with Gasteiger partial charge in [0.15, 0.2) is 0 Å². The second-order valence-electron chi connectivity index (χ2n) is 8.39. The summed E-state index contributed by atoms with van der Waals surface area (Å²) in [5.41, 5.74) is 1.89. The predicted octanol–water partition coefficient (Wildman–Crippen LogP) is 1.86. The van der Waals surface area contributed by atoms with E-state index in [0.717, 1.165) is 24.0 Å². The largest absolute Gasteiger partial charge is 0.376 e. The molecule has 6 nitrogen and oxygen atoms in total. The molecule has 0 bridgehead atoms. The highest BCUT2D eigenvalue weighted by Crippen LogP contribution is 2.36. The third-order valence-corrected chi connectivity index (χ3v) is 7.78. The summed E-state index contributed by atoms with van der Waals surface area (Å²) in [4.78, 5) is 12.3. The number of nitrogens with zero attached hydrogens (tertiary/aromatic N) is 1. The van der Waals surface area contributed by atoms with Gasteiger partial charge in [-0.25, -0.2) is 8.42 Å². The fourth-order valence-electron chi connectivity index (χ4n) is 4.30. The number of hydrogen-bond donors (Lipinski definition) is 1. The van der Waals surface area contributed by atoms with Crippen molar-refractivity contribution in [2.45, 2.75) is 44.1 Å². The van der Waals surface area contributed by atoms with Crippen molar-refractivity contribution in [3.05, 3.63) is 29.3 Å². The van der Waals surface area contributed by atoms with Crippen LogP contribution < -0.4 is 5.32 Å². The first kappa shape index (κ1) is 18.9. The molecule has 2 aliphatic heterocycles. The third kappa shape index (κ3) is 4.05. The molecule has 4 rings (SSSR count). The summed E-state index contributed by atoms with van der Waals surface area (Å²) in [5.74, 6) is 1.01. The molecule has 0 spiro atoms. The van der Waals surface area contributed by atoms with Crippen LogP contribution in [0.2, 0.25) is 0 Å². The standard InChI is InChI=1S/C20H28N2O4S/c1-13-5-14(2)7-17(6-13)27(24,25)22-10-18-16(12-26-19(18)11-22)9-21-20(23)8-15-3-4-15/h5-7,15-16,18-19H,3-4,8-12H2,1-2H3,(H,21,23)/t16-,18+,19+/m0/s1. The third-order valence-electron chi connectivity index (χ3n) is 5.97. The number of carbonyl (C=O) groups is 1. The predicted molar refractivity (Wildman–Crippen MR) is 102 cm³/mol. The highest BCUT2D eigenvalue weighted by atomic mass is 32.2. The van der Waals surface area contributed by atoms with Crippen LogP contribution in [0.4, 0.5) is 0 Å². The Morgan fingerprint density at radius 3 is 2.56 bits per heavy atom. The lowest BCUT2D eigenvalue weighted by atomic mass is 9.93. The molecule has 7 heteroatoms. The number of amides is 1. The van der Waals surface area contributed by atoms with E-state index in [1.165, 1.54) is 0 Å². The Bertz CT molecular complexity index is 814. The number of sulfonamides is 1. The van der Waals surface area contributed by atoms with Gasteiger partial charge in [-0.2, -0.15) is 4.31 Å². The van der Waals surface area contributed by atoms with Crippen molar-refractivity contribution in [3.8, 4) is 0 Å². The summed E-state index contributed by atoms with van der Waals surface area (Å²) in [5, 5.41) is 3.02. The van der Waals surface area contributed by atoms with E-state index in [0.29, 0.717) is 43.5 Å². The number of aryl methyl sites for hydroxylation is 2. The maximum absolute atomic E-state index is 13.1. The van der Waals surface area contributed by atoms with Gasteiger partial charge in [0.2, 0.25) is 15.9 Å². The van der Waals surface area contributed by atoms with E-state index >= 15 is 0 Å². The van der Waals surface area contributed by atoms with Crippen molar-refractivity contribution >= 4 is 15.9 Å². The molecular formula is C20H28N2O4S. The van der Waals surface area contributed by atoms with E-state index in [-0.39, 0.29) is 23.8 Å². The summed E-state index contributed by atoms with van der Waals surface area (Å²) in [7, 11) is -3.52. The second kappa shape index (κ2) is 7.18. The lowest BCUT2D eigenvalue weighted by Gasteiger charge is -2.20. The van der Waals surface area contributed by atoms with Crippen molar-refractivity contribution in [2.24, 2.45) is 17.8 Å². The number of nitrogens with one attached hydrogen (secondary N) is 1. The number of benzene rings is 1. The van der Waals surface area contributed by atoms with Gasteiger partial charge in [0.1, 0.15) is 0 Å². The van der Waals surface area contributed by atoms with Gasteiger partial charge in [-0.05, 0) is 55.9 Å². The van der Waals surface area contributed by atoms with Gasteiger partial charge >= 0.3 is 0 Å². The molecule has 0 radical (unpaired) electrons. The van der Waals surface area contributed by atoms with Crippen LogP contribution in [0, 0.1) is 31.6 Å². The molecule has 1 saturated carbocycles. The SMILES string of the molecule is Cc1cc(C)cc(S(=O)(=O)N2C[C@@H]3[C@@H](CNC(=O)CC4CC4)CO[C@@H]3C2)c1. The zero-order valence-electron chi connectivity index (χ0n) is 16.0. The van der Waals surface area contributed by atoms with Crippen molar-refractivity contribution in [3.63, 3.8) is 0 Å². The van der Waals surface area contributed by atoms with Crippen LogP contribution in [0.5, 0.6) is 0 Å². The summed E-state index contributed by atoms with van der Waals surface area (Å²) in [6, 6.07) is 5.43. The van der Waals surface area contributed by atoms with Crippen LogP contribution in [-0.4, -0.2) is 51.0 Å². The van der Waals surface area contributed by atoms with Crippen LogP contribution in [0.25, 0.3) is 0 Å². The minimum absolute atomic E-state index is 0.0731. The molecule has 148 valence electrons. The maximum atomic E-state index is 13.1. The Balaban J connectivity index is 1.40. The number of fused-ring (bicyclic) bond motifs is 1. The molecule has 1 N–H and O–H groups in total. The summed E-state index contributed by atoms with van der Waals surface area (Å²) < 4.78 is 33.6. The topological polar surface area (TPSA) is 75.7 Å². The van der Waals surface area contributed by atoms with Gasteiger partial charge in [0.25, 0.3) is 0 Å². The summed E-state index contributed by atoms with van der Waals surface area (Å²) >= 11 is 0. The maximum Gasteiger partial charge on any atom is 0.243 e. The first-order valence-electron chi connectivity index (χ1n) is 9.79. The van der Waals surface area contributed by atoms with Gasteiger partial charge in [-0.3, -0.25) is 4.79 Å². The van der Waals surface area contributed by atoms with Crippen LogP contribution in [0.15, 0.2) is 23.1 Å². The summed E-state index contributed by atoms with van der Waals surface area (Å²) in [6.07, 6.45) is 2.87. The number of ether oxygens (including phenoxy) is 1. The molecule has 2 saturated heterocycles.